The van der Waals surface area contributed by atoms with E-state index < -0.39 is 0 Å². The van der Waals surface area contributed by atoms with Crippen LogP contribution in [0.4, 0.5) is 10.5 Å². The fourth-order valence-electron chi connectivity index (χ4n) is 2.62. The molecule has 0 aliphatic heterocycles. The van der Waals surface area contributed by atoms with Crippen molar-refractivity contribution in [1.29, 1.82) is 0 Å². The molecule has 0 unspecified atom stereocenters. The van der Waals surface area contributed by atoms with Gasteiger partial charge in [0.25, 0.3) is 0 Å². The van der Waals surface area contributed by atoms with E-state index in [0.717, 1.165) is 4.21 Å². The van der Waals surface area contributed by atoms with Gasteiger partial charge in [0.15, 0.2) is 5.43 Å². The van der Waals surface area contributed by atoms with Crippen molar-refractivity contribution in [2.75, 3.05) is 5.32 Å². The zero-order valence-corrected chi connectivity index (χ0v) is 16.7. The highest BCUT2D eigenvalue weighted by molar-refractivity contribution is 7.99. The van der Waals surface area contributed by atoms with E-state index in [2.05, 4.69) is 10.0 Å². The van der Waals surface area contributed by atoms with Gasteiger partial charge in [0.1, 0.15) is 11.8 Å². The van der Waals surface area contributed by atoms with Crippen LogP contribution in [0.1, 0.15) is 0 Å². The number of para-hydroxylation sites is 1. The van der Waals surface area contributed by atoms with Crippen LogP contribution < -0.4 is 15.5 Å². The summed E-state index contributed by atoms with van der Waals surface area (Å²) in [6, 6.07) is 17.4. The Morgan fingerprint density at radius 1 is 1.04 bits per heavy atom. The van der Waals surface area contributed by atoms with Gasteiger partial charge in [-0.2, -0.15) is 0 Å². The highest BCUT2D eigenvalue weighted by Crippen LogP contribution is 2.28. The maximum Gasteiger partial charge on any atom is 0.329 e. The van der Waals surface area contributed by atoms with E-state index in [4.69, 9.17) is 16.0 Å². The average Bonchev–Trinajstić information content (AvgIpc) is 3.13. The maximum atomic E-state index is 12.7. The van der Waals surface area contributed by atoms with Crippen LogP contribution in [0.5, 0.6) is 0 Å². The minimum absolute atomic E-state index is 0.0914. The number of hydrogen-bond donors (Lipinski definition) is 2. The monoisotopic (exact) mass is 428 g/mol. The van der Waals surface area contributed by atoms with Crippen molar-refractivity contribution in [3.8, 4) is 11.1 Å². The largest absolute Gasteiger partial charge is 0.463 e. The SMILES string of the molecule is O=C(NSc1ccc(Cl)s1)Nc1ccc(-c2coc3ccccc3c2=O)cc1. The molecule has 0 aliphatic carbocycles. The Labute approximate surface area is 173 Å². The van der Waals surface area contributed by atoms with Crippen molar-refractivity contribution < 1.29 is 9.21 Å². The summed E-state index contributed by atoms with van der Waals surface area (Å²) in [5.74, 6) is 0. The van der Waals surface area contributed by atoms with Gasteiger partial charge in [0, 0.05) is 5.69 Å². The number of thiophene rings is 1. The minimum atomic E-state index is -0.354. The molecule has 140 valence electrons. The second kappa shape index (κ2) is 8.10. The van der Waals surface area contributed by atoms with Crippen molar-refractivity contribution in [3.05, 3.63) is 81.5 Å². The molecular weight excluding hydrogens is 416 g/mol. The molecule has 2 heterocycles. The maximum absolute atomic E-state index is 12.7. The van der Waals surface area contributed by atoms with Crippen molar-refractivity contribution in [2.24, 2.45) is 0 Å². The lowest BCUT2D eigenvalue weighted by molar-refractivity contribution is 0.257. The average molecular weight is 429 g/mol. The Bertz CT molecular complexity index is 1200. The molecular formula is C20H13ClN2O3S2. The van der Waals surface area contributed by atoms with Gasteiger partial charge in [-0.15, -0.1) is 11.3 Å². The van der Waals surface area contributed by atoms with Crippen molar-refractivity contribution >= 4 is 57.6 Å². The fourth-order valence-corrected chi connectivity index (χ4v) is 4.47. The number of fused-ring (bicyclic) bond motifs is 1. The molecule has 0 atom stereocenters. The van der Waals surface area contributed by atoms with Gasteiger partial charge in [-0.25, -0.2) is 4.79 Å². The van der Waals surface area contributed by atoms with Gasteiger partial charge in [-0.05, 0) is 53.9 Å². The van der Waals surface area contributed by atoms with Gasteiger partial charge in [0.2, 0.25) is 0 Å². The smallest absolute Gasteiger partial charge is 0.329 e. The van der Waals surface area contributed by atoms with E-state index in [1.165, 1.54) is 29.5 Å². The molecule has 0 spiro atoms. The predicted octanol–water partition coefficient (Wildman–Crippen LogP) is 6.00. The minimum Gasteiger partial charge on any atom is -0.463 e. The van der Waals surface area contributed by atoms with Crippen LogP contribution in [0, 0.1) is 0 Å². The molecule has 28 heavy (non-hydrogen) atoms. The Morgan fingerprint density at radius 3 is 2.57 bits per heavy atom. The first-order valence-electron chi connectivity index (χ1n) is 8.20. The number of nitrogens with one attached hydrogen (secondary N) is 2. The van der Waals surface area contributed by atoms with Gasteiger partial charge in [-0.1, -0.05) is 35.9 Å². The first kappa shape index (κ1) is 18.6. The number of carbonyl (C=O) groups excluding carboxylic acids is 1. The normalized spacial score (nSPS) is 10.8. The highest BCUT2D eigenvalue weighted by Gasteiger charge is 2.09. The number of anilines is 1. The van der Waals surface area contributed by atoms with Crippen molar-refractivity contribution in [1.82, 2.24) is 4.72 Å². The summed E-state index contributed by atoms with van der Waals surface area (Å²) in [5.41, 5.74) is 2.26. The molecule has 5 nitrogen and oxygen atoms in total. The first-order valence-corrected chi connectivity index (χ1v) is 10.2. The van der Waals surface area contributed by atoms with Crippen LogP contribution in [-0.4, -0.2) is 6.03 Å². The molecule has 0 saturated heterocycles. The molecule has 0 bridgehead atoms. The molecule has 0 radical (unpaired) electrons. The van der Waals surface area contributed by atoms with Crippen LogP contribution in [0.2, 0.25) is 4.34 Å². The van der Waals surface area contributed by atoms with E-state index in [0.29, 0.717) is 32.1 Å². The molecule has 2 N–H and O–H groups in total. The van der Waals surface area contributed by atoms with Gasteiger partial charge < -0.3 is 9.73 Å². The summed E-state index contributed by atoms with van der Waals surface area (Å²) >= 11 is 8.44. The number of amides is 2. The summed E-state index contributed by atoms with van der Waals surface area (Å²) in [6.07, 6.45) is 1.46. The number of urea groups is 1. The lowest BCUT2D eigenvalue weighted by atomic mass is 10.1. The van der Waals surface area contributed by atoms with Crippen LogP contribution >= 0.6 is 34.9 Å². The third-order valence-electron chi connectivity index (χ3n) is 3.93. The molecule has 2 amide bonds. The van der Waals surface area contributed by atoms with Crippen LogP contribution in [0.15, 0.2) is 80.3 Å². The number of rotatable bonds is 4. The number of halogens is 1. The van der Waals surface area contributed by atoms with Crippen LogP contribution in [0.25, 0.3) is 22.1 Å². The van der Waals surface area contributed by atoms with E-state index in [9.17, 15) is 9.59 Å². The third-order valence-corrected chi connectivity index (χ3v) is 6.08. The molecule has 2 aromatic heterocycles. The van der Waals surface area contributed by atoms with Crippen molar-refractivity contribution in [2.45, 2.75) is 4.21 Å². The number of benzene rings is 2. The summed E-state index contributed by atoms with van der Waals surface area (Å²) in [7, 11) is 0. The second-order valence-electron chi connectivity index (χ2n) is 5.77. The van der Waals surface area contributed by atoms with Crippen molar-refractivity contribution in [3.63, 3.8) is 0 Å². The summed E-state index contributed by atoms with van der Waals surface area (Å²) in [5, 5.41) is 3.28. The van der Waals surface area contributed by atoms with E-state index in [-0.39, 0.29) is 11.5 Å². The molecule has 8 heteroatoms. The molecule has 0 saturated carbocycles. The third kappa shape index (κ3) is 4.06. The topological polar surface area (TPSA) is 71.3 Å². The fraction of sp³-hybridized carbons (Fsp3) is 0. The second-order valence-corrected chi connectivity index (χ2v) is 8.59. The Morgan fingerprint density at radius 2 is 1.82 bits per heavy atom. The molecule has 0 fully saturated rings. The van der Waals surface area contributed by atoms with E-state index in [1.54, 1.807) is 48.5 Å². The Kier molecular flexibility index (Phi) is 5.38. The van der Waals surface area contributed by atoms with Gasteiger partial charge >= 0.3 is 6.03 Å². The van der Waals surface area contributed by atoms with Gasteiger partial charge in [-0.3, -0.25) is 9.52 Å². The quantitative estimate of drug-likeness (QED) is 0.391. The van der Waals surface area contributed by atoms with Gasteiger partial charge in [0.05, 0.1) is 19.5 Å². The number of hydrogen-bond acceptors (Lipinski definition) is 5. The molecule has 4 aromatic rings. The number of carbonyl (C=O) groups is 1. The van der Waals surface area contributed by atoms with Crippen LogP contribution in [0.3, 0.4) is 0 Å². The predicted molar refractivity (Wildman–Crippen MR) is 115 cm³/mol. The zero-order valence-electron chi connectivity index (χ0n) is 14.3. The molecule has 4 rings (SSSR count). The van der Waals surface area contributed by atoms with E-state index in [1.807, 2.05) is 12.1 Å². The van der Waals surface area contributed by atoms with Crippen LogP contribution in [-0.2, 0) is 0 Å². The Hall–Kier alpha value is -2.74. The molecule has 2 aromatic carbocycles. The summed E-state index contributed by atoms with van der Waals surface area (Å²) < 4.78 is 9.80. The summed E-state index contributed by atoms with van der Waals surface area (Å²) in [4.78, 5) is 24.7. The lowest BCUT2D eigenvalue weighted by Crippen LogP contribution is -2.22. The standard InChI is InChI=1S/C20H13ClN2O3S2/c21-17-9-10-18(27-17)28-23-20(25)22-13-7-5-12(6-8-13)15-11-26-16-4-2-1-3-14(16)19(15)24/h1-11H,(H2,22,23,25). The lowest BCUT2D eigenvalue weighted by Gasteiger charge is -2.07. The Balaban J connectivity index is 1.46. The molecule has 0 aliphatic rings. The van der Waals surface area contributed by atoms with E-state index >= 15 is 0 Å². The zero-order chi connectivity index (χ0) is 19.5. The first-order chi connectivity index (χ1) is 13.6. The summed E-state index contributed by atoms with van der Waals surface area (Å²) in [6.45, 7) is 0. The highest BCUT2D eigenvalue weighted by atomic mass is 35.5.